The fourth-order valence-corrected chi connectivity index (χ4v) is 3.94. The van der Waals surface area contributed by atoms with Crippen LogP contribution >= 0.6 is 11.6 Å². The van der Waals surface area contributed by atoms with Gasteiger partial charge in [0.25, 0.3) is 15.9 Å². The molecule has 2 aromatic heterocycles. The average molecular weight is 454 g/mol. The number of carbonyl (C=O) groups is 1. The van der Waals surface area contributed by atoms with Crippen molar-refractivity contribution in [2.45, 2.75) is 4.90 Å². The summed E-state index contributed by atoms with van der Waals surface area (Å²) < 4.78 is 27.8. The van der Waals surface area contributed by atoms with Gasteiger partial charge in [-0.05, 0) is 30.3 Å². The largest absolute Gasteiger partial charge is 0.334 e. The second-order valence-electron chi connectivity index (χ2n) is 6.45. The second kappa shape index (κ2) is 8.58. The van der Waals surface area contributed by atoms with Gasteiger partial charge in [-0.15, -0.1) is 0 Å². The Bertz CT molecular complexity index is 1320. The SMILES string of the molecule is O=C(Nc1cc(S(=O)(=O)Nc2ccc(Cl)cc2)ccn1)c1cnc(-c2ccccc2)[nH]1. The predicted molar refractivity (Wildman–Crippen MR) is 118 cm³/mol. The van der Waals surface area contributed by atoms with Gasteiger partial charge in [0.05, 0.1) is 11.1 Å². The molecule has 0 spiro atoms. The smallest absolute Gasteiger partial charge is 0.274 e. The first-order valence-electron chi connectivity index (χ1n) is 9.07. The normalized spacial score (nSPS) is 11.1. The number of amides is 1. The lowest BCUT2D eigenvalue weighted by Crippen LogP contribution is -2.16. The van der Waals surface area contributed by atoms with Gasteiger partial charge in [-0.3, -0.25) is 9.52 Å². The maximum atomic E-state index is 12.7. The molecule has 4 rings (SSSR count). The molecule has 31 heavy (non-hydrogen) atoms. The minimum atomic E-state index is -3.89. The van der Waals surface area contributed by atoms with E-state index in [1.165, 1.54) is 24.5 Å². The van der Waals surface area contributed by atoms with Crippen molar-refractivity contribution in [3.63, 3.8) is 0 Å². The van der Waals surface area contributed by atoms with E-state index in [4.69, 9.17) is 11.6 Å². The van der Waals surface area contributed by atoms with Gasteiger partial charge in [-0.1, -0.05) is 41.9 Å². The number of pyridine rings is 1. The maximum Gasteiger partial charge on any atom is 0.274 e. The molecule has 0 atom stereocenters. The Morgan fingerprint density at radius 3 is 2.45 bits per heavy atom. The Kier molecular flexibility index (Phi) is 5.70. The van der Waals surface area contributed by atoms with Crippen molar-refractivity contribution in [1.82, 2.24) is 15.0 Å². The zero-order chi connectivity index (χ0) is 21.8. The van der Waals surface area contributed by atoms with Crippen LogP contribution in [-0.2, 0) is 10.0 Å². The summed E-state index contributed by atoms with van der Waals surface area (Å²) in [5.41, 5.74) is 1.41. The molecule has 0 aliphatic rings. The van der Waals surface area contributed by atoms with Crippen LogP contribution in [0.25, 0.3) is 11.4 Å². The third-order valence-electron chi connectivity index (χ3n) is 4.25. The molecule has 2 heterocycles. The van der Waals surface area contributed by atoms with E-state index in [9.17, 15) is 13.2 Å². The lowest BCUT2D eigenvalue weighted by molar-refractivity contribution is 0.102. The number of sulfonamides is 1. The molecule has 2 aromatic carbocycles. The summed E-state index contributed by atoms with van der Waals surface area (Å²) >= 11 is 5.82. The van der Waals surface area contributed by atoms with Crippen LogP contribution in [0.2, 0.25) is 5.02 Å². The minimum absolute atomic E-state index is 0.0534. The molecule has 0 unspecified atom stereocenters. The van der Waals surface area contributed by atoms with E-state index in [2.05, 4.69) is 25.0 Å². The molecule has 156 valence electrons. The number of halogens is 1. The highest BCUT2D eigenvalue weighted by Gasteiger charge is 2.17. The molecule has 8 nitrogen and oxygen atoms in total. The summed E-state index contributed by atoms with van der Waals surface area (Å²) in [5.74, 6) is 0.129. The van der Waals surface area contributed by atoms with Gasteiger partial charge in [0.1, 0.15) is 17.3 Å². The van der Waals surface area contributed by atoms with Gasteiger partial charge < -0.3 is 10.3 Å². The number of hydrogen-bond donors (Lipinski definition) is 3. The number of nitrogens with zero attached hydrogens (tertiary/aromatic N) is 2. The molecule has 0 saturated heterocycles. The topological polar surface area (TPSA) is 117 Å². The van der Waals surface area contributed by atoms with Crippen LogP contribution in [0.4, 0.5) is 11.5 Å². The summed E-state index contributed by atoms with van der Waals surface area (Å²) in [6.07, 6.45) is 2.70. The highest BCUT2D eigenvalue weighted by molar-refractivity contribution is 7.92. The van der Waals surface area contributed by atoms with Crippen LogP contribution in [-0.4, -0.2) is 29.3 Å². The summed E-state index contributed by atoms with van der Waals surface area (Å²) in [4.78, 5) is 23.7. The van der Waals surface area contributed by atoms with E-state index in [0.29, 0.717) is 16.5 Å². The molecular formula is C21H16ClN5O3S. The second-order valence-corrected chi connectivity index (χ2v) is 8.57. The van der Waals surface area contributed by atoms with Gasteiger partial charge >= 0.3 is 0 Å². The van der Waals surface area contributed by atoms with Crippen molar-refractivity contribution in [1.29, 1.82) is 0 Å². The molecule has 1 amide bonds. The van der Waals surface area contributed by atoms with E-state index in [-0.39, 0.29) is 16.4 Å². The number of carbonyl (C=O) groups excluding carboxylic acids is 1. The number of H-pyrrole nitrogens is 1. The number of aromatic nitrogens is 3. The zero-order valence-corrected chi connectivity index (χ0v) is 17.5. The molecule has 0 fully saturated rings. The van der Waals surface area contributed by atoms with Crippen molar-refractivity contribution >= 4 is 39.0 Å². The van der Waals surface area contributed by atoms with Crippen molar-refractivity contribution < 1.29 is 13.2 Å². The third kappa shape index (κ3) is 4.90. The molecule has 10 heteroatoms. The number of nitrogens with one attached hydrogen (secondary N) is 3. The first-order chi connectivity index (χ1) is 14.9. The van der Waals surface area contributed by atoms with Crippen LogP contribution in [0.3, 0.4) is 0 Å². The number of imidazole rings is 1. The quantitative estimate of drug-likeness (QED) is 0.405. The predicted octanol–water partition coefficient (Wildman–Crippen LogP) is 4.18. The number of benzene rings is 2. The van der Waals surface area contributed by atoms with Crippen LogP contribution in [0, 0.1) is 0 Å². The lowest BCUT2D eigenvalue weighted by Gasteiger charge is -2.09. The Hall–Kier alpha value is -3.69. The van der Waals surface area contributed by atoms with Gasteiger partial charge in [0.15, 0.2) is 0 Å². The van der Waals surface area contributed by atoms with Gasteiger partial charge in [0.2, 0.25) is 0 Å². The number of anilines is 2. The Labute approximate surface area is 183 Å². The third-order valence-corrected chi connectivity index (χ3v) is 5.88. The van der Waals surface area contributed by atoms with Crippen molar-refractivity contribution in [3.05, 3.63) is 89.8 Å². The number of rotatable bonds is 6. The van der Waals surface area contributed by atoms with Crippen LogP contribution in [0.15, 0.2) is 84.0 Å². The molecule has 0 saturated carbocycles. The summed E-state index contributed by atoms with van der Waals surface area (Å²) in [6.45, 7) is 0. The number of aromatic amines is 1. The monoisotopic (exact) mass is 453 g/mol. The Morgan fingerprint density at radius 1 is 0.968 bits per heavy atom. The lowest BCUT2D eigenvalue weighted by atomic mass is 10.2. The maximum absolute atomic E-state index is 12.7. The van der Waals surface area contributed by atoms with Gasteiger partial charge in [-0.2, -0.15) is 0 Å². The van der Waals surface area contributed by atoms with E-state index >= 15 is 0 Å². The minimum Gasteiger partial charge on any atom is -0.334 e. The zero-order valence-electron chi connectivity index (χ0n) is 15.9. The molecule has 0 bridgehead atoms. The Morgan fingerprint density at radius 2 is 1.71 bits per heavy atom. The van der Waals surface area contributed by atoms with Crippen molar-refractivity contribution in [2.24, 2.45) is 0 Å². The fourth-order valence-electron chi connectivity index (χ4n) is 2.74. The standard InChI is InChI=1S/C21H16ClN5O3S/c22-15-6-8-16(9-7-15)27-31(29,30)17-10-11-23-19(12-17)26-21(28)18-13-24-20(25-18)14-4-2-1-3-5-14/h1-13,27H,(H,24,25)(H,23,26,28). The van der Waals surface area contributed by atoms with Gasteiger partial charge in [-0.25, -0.2) is 18.4 Å². The summed E-state index contributed by atoms with van der Waals surface area (Å²) in [5, 5.41) is 3.07. The van der Waals surface area contributed by atoms with Crippen molar-refractivity contribution in [3.8, 4) is 11.4 Å². The molecule has 0 aliphatic carbocycles. The van der Waals surface area contributed by atoms with Gasteiger partial charge in [0, 0.05) is 28.5 Å². The van der Waals surface area contributed by atoms with Crippen molar-refractivity contribution in [2.75, 3.05) is 10.0 Å². The highest BCUT2D eigenvalue weighted by Crippen LogP contribution is 2.20. The summed E-state index contributed by atoms with van der Waals surface area (Å²) in [7, 11) is -3.89. The van der Waals surface area contributed by atoms with Crippen LogP contribution in [0.5, 0.6) is 0 Å². The number of hydrogen-bond acceptors (Lipinski definition) is 5. The highest BCUT2D eigenvalue weighted by atomic mass is 35.5. The first-order valence-corrected chi connectivity index (χ1v) is 10.9. The molecule has 3 N–H and O–H groups in total. The van der Waals surface area contributed by atoms with E-state index < -0.39 is 15.9 Å². The fraction of sp³-hybridized carbons (Fsp3) is 0. The Balaban J connectivity index is 1.50. The summed E-state index contributed by atoms with van der Waals surface area (Å²) in [6, 6.07) is 18.2. The molecular weight excluding hydrogens is 438 g/mol. The molecule has 0 radical (unpaired) electrons. The van der Waals surface area contributed by atoms with Crippen LogP contribution in [0.1, 0.15) is 10.5 Å². The van der Waals surface area contributed by atoms with E-state index in [1.54, 1.807) is 24.3 Å². The first kappa shape index (κ1) is 20.6. The van der Waals surface area contributed by atoms with Crippen LogP contribution < -0.4 is 10.0 Å². The van der Waals surface area contributed by atoms with E-state index in [1.807, 2.05) is 30.3 Å². The van der Waals surface area contributed by atoms with E-state index in [0.717, 1.165) is 5.56 Å². The molecule has 4 aromatic rings. The average Bonchev–Trinajstić information content (AvgIpc) is 3.27. The molecule has 0 aliphatic heterocycles.